The van der Waals surface area contributed by atoms with Gasteiger partial charge in [-0.25, -0.2) is 8.42 Å². The number of thiophene rings is 1. The van der Waals surface area contributed by atoms with Crippen LogP contribution in [0.4, 0.5) is 6.01 Å². The number of rotatable bonds is 5. The van der Waals surface area contributed by atoms with Gasteiger partial charge >= 0.3 is 6.01 Å². The van der Waals surface area contributed by atoms with E-state index in [1.807, 2.05) is 0 Å². The number of aromatic nitrogens is 2. The molecule has 3 heterocycles. The quantitative estimate of drug-likeness (QED) is 0.517. The van der Waals surface area contributed by atoms with E-state index < -0.39 is 10.0 Å². The van der Waals surface area contributed by atoms with Gasteiger partial charge in [-0.3, -0.25) is 10.1 Å². The van der Waals surface area contributed by atoms with Gasteiger partial charge < -0.3 is 4.42 Å². The lowest BCUT2D eigenvalue weighted by Crippen LogP contribution is -2.41. The molecular formula is C18H15Cl3N4O4S2. The number of benzene rings is 1. The van der Waals surface area contributed by atoms with Crippen molar-refractivity contribution < 1.29 is 17.6 Å². The Morgan fingerprint density at radius 2 is 1.81 bits per heavy atom. The van der Waals surface area contributed by atoms with Crippen molar-refractivity contribution in [1.82, 2.24) is 14.5 Å². The summed E-state index contributed by atoms with van der Waals surface area (Å²) in [6.07, 6.45) is 0.733. The van der Waals surface area contributed by atoms with E-state index in [2.05, 4.69) is 15.5 Å². The Hall–Kier alpha value is -1.69. The van der Waals surface area contributed by atoms with E-state index in [1.54, 1.807) is 6.07 Å². The van der Waals surface area contributed by atoms with E-state index in [0.717, 1.165) is 0 Å². The highest BCUT2D eigenvalue weighted by molar-refractivity contribution is 7.89. The van der Waals surface area contributed by atoms with Crippen LogP contribution in [0.15, 0.2) is 39.6 Å². The fourth-order valence-electron chi connectivity index (χ4n) is 3.19. The fourth-order valence-corrected chi connectivity index (χ4v) is 6.23. The van der Waals surface area contributed by atoms with Crippen LogP contribution in [0.2, 0.25) is 13.7 Å². The van der Waals surface area contributed by atoms with Gasteiger partial charge in [0, 0.05) is 24.0 Å². The van der Waals surface area contributed by atoms with Crippen LogP contribution in [-0.2, 0) is 14.8 Å². The topological polar surface area (TPSA) is 105 Å². The van der Waals surface area contributed by atoms with Crippen molar-refractivity contribution in [2.45, 2.75) is 17.7 Å². The molecule has 0 aliphatic carbocycles. The van der Waals surface area contributed by atoms with Gasteiger partial charge in [0.1, 0.15) is 4.34 Å². The number of piperidine rings is 1. The maximum atomic E-state index is 12.8. The zero-order chi connectivity index (χ0) is 22.2. The van der Waals surface area contributed by atoms with E-state index in [9.17, 15) is 13.2 Å². The van der Waals surface area contributed by atoms with Crippen LogP contribution in [0, 0.1) is 5.92 Å². The zero-order valence-corrected chi connectivity index (χ0v) is 19.6. The monoisotopic (exact) mass is 520 g/mol. The third-order valence-electron chi connectivity index (χ3n) is 4.82. The van der Waals surface area contributed by atoms with Crippen LogP contribution in [0.25, 0.3) is 11.5 Å². The van der Waals surface area contributed by atoms with Crippen molar-refractivity contribution in [2.24, 2.45) is 5.92 Å². The summed E-state index contributed by atoms with van der Waals surface area (Å²) in [5, 5.41) is 10.7. The number of anilines is 1. The molecular weight excluding hydrogens is 507 g/mol. The summed E-state index contributed by atoms with van der Waals surface area (Å²) < 4.78 is 33.2. The van der Waals surface area contributed by atoms with E-state index >= 15 is 0 Å². The van der Waals surface area contributed by atoms with Crippen molar-refractivity contribution in [3.05, 3.63) is 44.0 Å². The van der Waals surface area contributed by atoms with Crippen LogP contribution in [-0.4, -0.2) is 41.9 Å². The summed E-state index contributed by atoms with van der Waals surface area (Å²) in [6, 6.07) is 7.54. The lowest BCUT2D eigenvalue weighted by atomic mass is 9.97. The molecule has 13 heteroatoms. The highest BCUT2D eigenvalue weighted by Gasteiger charge is 2.32. The van der Waals surface area contributed by atoms with E-state index in [0.29, 0.717) is 32.1 Å². The lowest BCUT2D eigenvalue weighted by Gasteiger charge is -2.30. The molecule has 1 N–H and O–H groups in total. The number of hydrogen-bond donors (Lipinski definition) is 1. The first-order valence-corrected chi connectivity index (χ1v) is 12.5. The van der Waals surface area contributed by atoms with E-state index in [1.165, 1.54) is 39.9 Å². The molecule has 4 rings (SSSR count). The molecule has 1 aliphatic rings. The van der Waals surface area contributed by atoms with Crippen molar-refractivity contribution >= 4 is 68.1 Å². The summed E-state index contributed by atoms with van der Waals surface area (Å²) >= 11 is 19.0. The molecule has 2 aromatic heterocycles. The zero-order valence-electron chi connectivity index (χ0n) is 15.7. The number of amides is 1. The van der Waals surface area contributed by atoms with Gasteiger partial charge in [-0.2, -0.15) is 4.31 Å². The Morgan fingerprint density at radius 1 is 1.13 bits per heavy atom. The highest BCUT2D eigenvalue weighted by atomic mass is 35.5. The molecule has 0 radical (unpaired) electrons. The van der Waals surface area contributed by atoms with Crippen LogP contribution in [0.5, 0.6) is 0 Å². The maximum Gasteiger partial charge on any atom is 0.322 e. The Balaban J connectivity index is 1.37. The number of halogens is 3. The normalized spacial score (nSPS) is 15.8. The van der Waals surface area contributed by atoms with Gasteiger partial charge in [-0.1, -0.05) is 39.9 Å². The highest BCUT2D eigenvalue weighted by Crippen LogP contribution is 2.38. The van der Waals surface area contributed by atoms with Crippen LogP contribution in [0.3, 0.4) is 0 Å². The molecule has 0 spiro atoms. The first-order valence-electron chi connectivity index (χ1n) is 9.09. The molecule has 1 amide bonds. The minimum Gasteiger partial charge on any atom is -0.403 e. The van der Waals surface area contributed by atoms with Crippen molar-refractivity contribution in [3.8, 4) is 11.5 Å². The smallest absolute Gasteiger partial charge is 0.322 e. The average molecular weight is 522 g/mol. The number of nitrogens with one attached hydrogen (secondary N) is 1. The second-order valence-corrected chi connectivity index (χ2v) is 11.4. The molecule has 1 saturated heterocycles. The van der Waals surface area contributed by atoms with Crippen LogP contribution >= 0.6 is 46.1 Å². The summed E-state index contributed by atoms with van der Waals surface area (Å²) in [5.74, 6) is -0.549. The third kappa shape index (κ3) is 4.89. The minimum absolute atomic E-state index is 0.0606. The summed E-state index contributed by atoms with van der Waals surface area (Å²) in [6.45, 7) is 0.447. The van der Waals surface area contributed by atoms with Gasteiger partial charge in [0.15, 0.2) is 0 Å². The summed E-state index contributed by atoms with van der Waals surface area (Å²) in [5.41, 5.74) is 0.491. The van der Waals surface area contributed by atoms with E-state index in [-0.39, 0.29) is 41.7 Å². The Labute approximate surface area is 197 Å². The Morgan fingerprint density at radius 3 is 2.42 bits per heavy atom. The van der Waals surface area contributed by atoms with Gasteiger partial charge in [0.25, 0.3) is 5.89 Å². The number of carbonyl (C=O) groups is 1. The summed E-state index contributed by atoms with van der Waals surface area (Å²) in [4.78, 5) is 12.8. The molecule has 3 aromatic rings. The standard InChI is InChI=1S/C18H15Cl3N4O4S2/c19-11-1-3-12(4-2-11)31(27,28)25-7-5-10(6-8-25)16(26)22-18-24-23-17(29-18)13-9-14(20)30-15(13)21/h1-4,9-10H,5-8H2,(H,22,24,26). The summed E-state index contributed by atoms with van der Waals surface area (Å²) in [7, 11) is -3.64. The predicted molar refractivity (Wildman–Crippen MR) is 119 cm³/mol. The van der Waals surface area contributed by atoms with Gasteiger partial charge in [-0.15, -0.1) is 16.4 Å². The predicted octanol–water partition coefficient (Wildman–Crippen LogP) is 4.80. The van der Waals surface area contributed by atoms with Gasteiger partial charge in [0.2, 0.25) is 15.9 Å². The third-order valence-corrected chi connectivity index (χ3v) is 8.47. The molecule has 164 valence electrons. The SMILES string of the molecule is O=C(Nc1nnc(-c2cc(Cl)sc2Cl)o1)C1CCN(S(=O)(=O)c2ccc(Cl)cc2)CC1. The van der Waals surface area contributed by atoms with Crippen molar-refractivity contribution in [3.63, 3.8) is 0 Å². The molecule has 31 heavy (non-hydrogen) atoms. The molecule has 0 unspecified atom stereocenters. The Bertz CT molecular complexity index is 1200. The molecule has 1 aliphatic heterocycles. The second kappa shape index (κ2) is 9.05. The Kier molecular flexibility index (Phi) is 6.57. The van der Waals surface area contributed by atoms with Crippen molar-refractivity contribution in [2.75, 3.05) is 18.4 Å². The molecule has 1 aromatic carbocycles. The number of carbonyl (C=O) groups excluding carboxylic acids is 1. The van der Waals surface area contributed by atoms with Crippen molar-refractivity contribution in [1.29, 1.82) is 0 Å². The maximum absolute atomic E-state index is 12.8. The average Bonchev–Trinajstić information content (AvgIpc) is 3.33. The lowest BCUT2D eigenvalue weighted by molar-refractivity contribution is -0.121. The second-order valence-electron chi connectivity index (χ2n) is 6.77. The molecule has 8 nitrogen and oxygen atoms in total. The molecule has 0 bridgehead atoms. The fraction of sp³-hybridized carbons (Fsp3) is 0.278. The molecule has 0 atom stereocenters. The minimum atomic E-state index is -3.64. The number of hydrogen-bond acceptors (Lipinski definition) is 7. The first kappa shape index (κ1) is 22.5. The van der Waals surface area contributed by atoms with Crippen LogP contribution in [0.1, 0.15) is 12.8 Å². The molecule has 1 fully saturated rings. The number of sulfonamides is 1. The first-order chi connectivity index (χ1) is 14.7. The van der Waals surface area contributed by atoms with E-state index in [4.69, 9.17) is 39.2 Å². The number of nitrogens with zero attached hydrogens (tertiary/aromatic N) is 3. The van der Waals surface area contributed by atoms with Gasteiger partial charge in [0.05, 0.1) is 14.8 Å². The molecule has 0 saturated carbocycles. The largest absolute Gasteiger partial charge is 0.403 e. The van der Waals surface area contributed by atoms with Gasteiger partial charge in [-0.05, 0) is 43.2 Å². The van der Waals surface area contributed by atoms with Crippen LogP contribution < -0.4 is 5.32 Å².